The molecule has 9 atom stereocenters. The highest BCUT2D eigenvalue weighted by Crippen LogP contribution is 2.65. The Bertz CT molecular complexity index is 1100. The minimum absolute atomic E-state index is 0.0601. The van der Waals surface area contributed by atoms with Crippen molar-refractivity contribution in [3.8, 4) is 0 Å². The third-order valence-electron chi connectivity index (χ3n) is 8.97. The van der Waals surface area contributed by atoms with Crippen LogP contribution in [0.3, 0.4) is 0 Å². The van der Waals surface area contributed by atoms with E-state index < -0.39 is 47.4 Å². The lowest BCUT2D eigenvalue weighted by atomic mass is 9.53. The maximum atomic E-state index is 13.0. The predicted octanol–water partition coefficient (Wildman–Crippen LogP) is 3.46. The van der Waals surface area contributed by atoms with Crippen molar-refractivity contribution in [3.63, 3.8) is 0 Å². The normalized spacial score (nSPS) is 44.2. The van der Waals surface area contributed by atoms with E-state index in [0.717, 1.165) is 12.0 Å². The number of hydrogen-bond acceptors (Lipinski definition) is 8. The number of cyclic esters (lactones) is 1. The van der Waals surface area contributed by atoms with Crippen LogP contribution in [-0.2, 0) is 33.3 Å². The average molecular weight is 513 g/mol. The molecule has 0 aromatic rings. The molecular formula is C29H36O8. The smallest absolute Gasteiger partial charge is 0.331 e. The molecule has 0 amide bonds. The SMILES string of the molecule is C=C1C2CC3OC(=O)C=CC=CC4OC(OC4C)C(O)C(C)=CC(=O)OCC4(CCC(C)=CC4O2)C13C. The number of allylic oxidation sites excluding steroid dienone is 3. The highest BCUT2D eigenvalue weighted by molar-refractivity contribution is 5.83. The lowest BCUT2D eigenvalue weighted by Gasteiger charge is -2.56. The van der Waals surface area contributed by atoms with Crippen LogP contribution in [0, 0.1) is 10.8 Å². The van der Waals surface area contributed by atoms with Gasteiger partial charge in [0.25, 0.3) is 0 Å². The van der Waals surface area contributed by atoms with Crippen LogP contribution in [0.15, 0.2) is 59.8 Å². The van der Waals surface area contributed by atoms with E-state index in [-0.39, 0.29) is 24.9 Å². The van der Waals surface area contributed by atoms with Crippen LogP contribution in [0.4, 0.5) is 0 Å². The number of aliphatic hydroxyl groups is 1. The summed E-state index contributed by atoms with van der Waals surface area (Å²) >= 11 is 0. The largest absolute Gasteiger partial charge is 0.462 e. The summed E-state index contributed by atoms with van der Waals surface area (Å²) in [5.74, 6) is -1.04. The van der Waals surface area contributed by atoms with E-state index in [1.54, 1.807) is 25.2 Å². The fourth-order valence-electron chi connectivity index (χ4n) is 6.48. The number of aliphatic hydroxyl groups excluding tert-OH is 1. The first-order valence-electron chi connectivity index (χ1n) is 13.0. The van der Waals surface area contributed by atoms with Gasteiger partial charge in [0, 0.05) is 29.4 Å². The molecule has 200 valence electrons. The van der Waals surface area contributed by atoms with E-state index in [1.165, 1.54) is 17.7 Å². The van der Waals surface area contributed by atoms with Crippen molar-refractivity contribution >= 4 is 11.9 Å². The van der Waals surface area contributed by atoms with Crippen LogP contribution in [0.5, 0.6) is 0 Å². The van der Waals surface area contributed by atoms with Crippen molar-refractivity contribution in [1.29, 1.82) is 0 Å². The van der Waals surface area contributed by atoms with Gasteiger partial charge in [-0.05, 0) is 44.8 Å². The van der Waals surface area contributed by atoms with Crippen molar-refractivity contribution in [1.82, 2.24) is 0 Å². The lowest BCUT2D eigenvalue weighted by molar-refractivity contribution is -0.181. The summed E-state index contributed by atoms with van der Waals surface area (Å²) in [6.45, 7) is 12.0. The van der Waals surface area contributed by atoms with Crippen molar-refractivity contribution in [3.05, 3.63) is 59.8 Å². The summed E-state index contributed by atoms with van der Waals surface area (Å²) in [5, 5.41) is 10.8. The van der Waals surface area contributed by atoms with Crippen LogP contribution in [0.1, 0.15) is 47.0 Å². The molecule has 0 radical (unpaired) electrons. The Kier molecular flexibility index (Phi) is 6.81. The van der Waals surface area contributed by atoms with Gasteiger partial charge in [0.05, 0.1) is 18.3 Å². The summed E-state index contributed by atoms with van der Waals surface area (Å²) in [6.07, 6.45) is 7.98. The molecule has 0 aromatic heterocycles. The zero-order valence-electron chi connectivity index (χ0n) is 21.8. The van der Waals surface area contributed by atoms with Gasteiger partial charge < -0.3 is 28.8 Å². The van der Waals surface area contributed by atoms with Crippen molar-refractivity contribution in [2.24, 2.45) is 10.8 Å². The molecule has 2 saturated heterocycles. The first-order valence-corrected chi connectivity index (χ1v) is 13.0. The zero-order valence-corrected chi connectivity index (χ0v) is 21.8. The number of rotatable bonds is 0. The monoisotopic (exact) mass is 512 g/mol. The molecule has 2 aliphatic carbocycles. The van der Waals surface area contributed by atoms with Gasteiger partial charge in [0.1, 0.15) is 24.9 Å². The lowest BCUT2D eigenvalue weighted by Crippen LogP contribution is -2.60. The molecule has 0 aromatic carbocycles. The molecular weight excluding hydrogens is 476 g/mol. The highest BCUT2D eigenvalue weighted by Gasteiger charge is 2.68. The van der Waals surface area contributed by atoms with Crippen LogP contribution < -0.4 is 0 Å². The molecule has 4 bridgehead atoms. The van der Waals surface area contributed by atoms with Crippen molar-refractivity contribution < 1.29 is 38.4 Å². The summed E-state index contributed by atoms with van der Waals surface area (Å²) in [6, 6.07) is 0. The van der Waals surface area contributed by atoms with Gasteiger partial charge in [0.15, 0.2) is 6.29 Å². The number of ether oxygens (including phenoxy) is 5. The fraction of sp³-hybridized carbons (Fsp3) is 0.586. The fourth-order valence-corrected chi connectivity index (χ4v) is 6.48. The molecule has 1 saturated carbocycles. The maximum absolute atomic E-state index is 13.0. The molecule has 5 aliphatic rings. The number of hydrogen-bond donors (Lipinski definition) is 1. The molecule has 9 unspecified atom stereocenters. The Morgan fingerprint density at radius 2 is 1.89 bits per heavy atom. The molecule has 8 heteroatoms. The third kappa shape index (κ3) is 4.34. The number of carbonyl (C=O) groups excluding carboxylic acids is 2. The van der Waals surface area contributed by atoms with Crippen LogP contribution >= 0.6 is 0 Å². The molecule has 37 heavy (non-hydrogen) atoms. The first-order chi connectivity index (χ1) is 17.5. The summed E-state index contributed by atoms with van der Waals surface area (Å²) in [4.78, 5) is 25.8. The van der Waals surface area contributed by atoms with Crippen LogP contribution in [-0.4, -0.2) is 66.6 Å². The highest BCUT2D eigenvalue weighted by atomic mass is 16.7. The van der Waals surface area contributed by atoms with Gasteiger partial charge in [-0.25, -0.2) is 9.59 Å². The van der Waals surface area contributed by atoms with Crippen molar-refractivity contribution in [2.45, 2.75) is 89.9 Å². The second kappa shape index (κ2) is 9.66. The number of carbonyl (C=O) groups is 2. The third-order valence-corrected chi connectivity index (χ3v) is 8.97. The number of fused-ring (bicyclic) bond motifs is 3. The Hall–Kier alpha value is -2.52. The molecule has 3 heterocycles. The summed E-state index contributed by atoms with van der Waals surface area (Å²) in [7, 11) is 0. The van der Waals surface area contributed by atoms with E-state index in [1.807, 2.05) is 6.92 Å². The van der Waals surface area contributed by atoms with Gasteiger partial charge in [-0.15, -0.1) is 0 Å². The Balaban J connectivity index is 1.52. The number of esters is 2. The van der Waals surface area contributed by atoms with Gasteiger partial charge in [-0.1, -0.05) is 43.4 Å². The topological polar surface area (TPSA) is 101 Å². The molecule has 8 nitrogen and oxygen atoms in total. The minimum atomic E-state index is -1.14. The minimum Gasteiger partial charge on any atom is -0.462 e. The molecule has 1 N–H and O–H groups in total. The molecule has 3 aliphatic heterocycles. The molecule has 1 spiro atoms. The van der Waals surface area contributed by atoms with E-state index in [2.05, 4.69) is 26.5 Å². The zero-order chi connectivity index (χ0) is 26.5. The van der Waals surface area contributed by atoms with E-state index in [4.69, 9.17) is 23.7 Å². The van der Waals surface area contributed by atoms with E-state index in [0.29, 0.717) is 18.4 Å². The second-order valence-corrected chi connectivity index (χ2v) is 11.1. The van der Waals surface area contributed by atoms with Gasteiger partial charge >= 0.3 is 11.9 Å². The standard InChI is InChI=1S/C29H36O8/c1-16-10-11-29-15-33-25(31)13-17(2)26(32)27-34-19(4)20(36-27)8-6-7-9-24(30)37-22-14-21(35-23(29)12-16)18(3)28(22,29)5/h6-9,12-13,19-23,26-27,32H,3,10-11,14-15H2,1-2,4-5H3. The summed E-state index contributed by atoms with van der Waals surface area (Å²) in [5.41, 5.74) is 1.14. The first kappa shape index (κ1) is 26.1. The van der Waals surface area contributed by atoms with E-state index in [9.17, 15) is 14.7 Å². The molecule has 5 rings (SSSR count). The Morgan fingerprint density at radius 3 is 2.68 bits per heavy atom. The van der Waals surface area contributed by atoms with Gasteiger partial charge in [-0.3, -0.25) is 0 Å². The van der Waals surface area contributed by atoms with E-state index >= 15 is 0 Å². The van der Waals surface area contributed by atoms with Gasteiger partial charge in [-0.2, -0.15) is 0 Å². The quantitative estimate of drug-likeness (QED) is 0.389. The van der Waals surface area contributed by atoms with Crippen LogP contribution in [0.2, 0.25) is 0 Å². The predicted molar refractivity (Wildman–Crippen MR) is 134 cm³/mol. The second-order valence-electron chi connectivity index (χ2n) is 11.1. The Morgan fingerprint density at radius 1 is 1.11 bits per heavy atom. The average Bonchev–Trinajstić information content (AvgIpc) is 3.29. The van der Waals surface area contributed by atoms with Gasteiger partial charge in [0.2, 0.25) is 0 Å². The van der Waals surface area contributed by atoms with Crippen molar-refractivity contribution in [2.75, 3.05) is 6.61 Å². The Labute approximate surface area is 217 Å². The summed E-state index contributed by atoms with van der Waals surface area (Å²) < 4.78 is 30.0. The molecule has 3 fully saturated rings. The maximum Gasteiger partial charge on any atom is 0.331 e. The van der Waals surface area contributed by atoms with Crippen LogP contribution in [0.25, 0.3) is 0 Å².